The maximum atomic E-state index is 9.49. The summed E-state index contributed by atoms with van der Waals surface area (Å²) in [5.41, 5.74) is 8.64. The van der Waals surface area contributed by atoms with Gasteiger partial charge in [-0.15, -0.1) is 0 Å². The second-order valence-electron chi connectivity index (χ2n) is 5.78. The molecular formula is C19H24N2. The number of nitrogen functional groups attached to an aromatic ring is 1. The van der Waals surface area contributed by atoms with Gasteiger partial charge in [0, 0.05) is 5.39 Å². The first kappa shape index (κ1) is 15.4. The van der Waals surface area contributed by atoms with Crippen LogP contribution >= 0.6 is 0 Å². The maximum absolute atomic E-state index is 9.49. The van der Waals surface area contributed by atoms with Crippen LogP contribution in [0.15, 0.2) is 30.3 Å². The predicted molar refractivity (Wildman–Crippen MR) is 90.1 cm³/mol. The predicted octanol–water partition coefficient (Wildman–Crippen LogP) is 5.05. The normalized spacial score (nSPS) is 12.2. The van der Waals surface area contributed by atoms with Gasteiger partial charge in [-0.2, -0.15) is 5.26 Å². The van der Waals surface area contributed by atoms with E-state index in [2.05, 4.69) is 32.0 Å². The van der Waals surface area contributed by atoms with Crippen LogP contribution in [0.2, 0.25) is 0 Å². The first-order valence-corrected chi connectivity index (χ1v) is 7.91. The lowest BCUT2D eigenvalue weighted by atomic mass is 9.88. The fourth-order valence-electron chi connectivity index (χ4n) is 2.98. The molecule has 0 fully saturated rings. The lowest BCUT2D eigenvalue weighted by molar-refractivity contribution is 0.449. The summed E-state index contributed by atoms with van der Waals surface area (Å²) in [6.07, 6.45) is 5.81. The van der Waals surface area contributed by atoms with Crippen LogP contribution in [0.5, 0.6) is 0 Å². The third kappa shape index (κ3) is 3.36. The van der Waals surface area contributed by atoms with Crippen molar-refractivity contribution in [3.05, 3.63) is 41.5 Å². The molecule has 0 spiro atoms. The highest BCUT2D eigenvalue weighted by Crippen LogP contribution is 2.30. The standard InChI is InChI=1S/C19H24N2/c1-3-5-8-14(4-2)11-16-12-15-9-6-7-10-17(15)19(21)18(16)13-20/h6-7,9-10,12,14H,3-5,8,11,21H2,1-2H3. The molecule has 110 valence electrons. The summed E-state index contributed by atoms with van der Waals surface area (Å²) < 4.78 is 0. The molecule has 0 aliphatic rings. The second-order valence-corrected chi connectivity index (χ2v) is 5.78. The third-order valence-corrected chi connectivity index (χ3v) is 4.33. The molecular weight excluding hydrogens is 256 g/mol. The maximum Gasteiger partial charge on any atom is 0.102 e. The molecule has 0 aliphatic heterocycles. The van der Waals surface area contributed by atoms with Crippen LogP contribution in [0.3, 0.4) is 0 Å². The van der Waals surface area contributed by atoms with Gasteiger partial charge < -0.3 is 5.73 Å². The smallest absolute Gasteiger partial charge is 0.102 e. The Bertz CT molecular complexity index is 652. The second kappa shape index (κ2) is 7.13. The van der Waals surface area contributed by atoms with Crippen molar-refractivity contribution in [3.8, 4) is 6.07 Å². The Labute approximate surface area is 127 Å². The average molecular weight is 280 g/mol. The number of hydrogen-bond acceptors (Lipinski definition) is 2. The number of benzene rings is 2. The van der Waals surface area contributed by atoms with E-state index in [0.29, 0.717) is 17.2 Å². The lowest BCUT2D eigenvalue weighted by Gasteiger charge is -2.17. The molecule has 2 N–H and O–H groups in total. The minimum absolute atomic E-state index is 0.635. The monoisotopic (exact) mass is 280 g/mol. The van der Waals surface area contributed by atoms with Gasteiger partial charge in [0.15, 0.2) is 0 Å². The molecule has 0 radical (unpaired) electrons. The number of hydrogen-bond donors (Lipinski definition) is 1. The molecule has 2 rings (SSSR count). The van der Waals surface area contributed by atoms with Crippen molar-refractivity contribution in [3.63, 3.8) is 0 Å². The van der Waals surface area contributed by atoms with Crippen molar-refractivity contribution in [1.29, 1.82) is 5.26 Å². The molecule has 0 saturated heterocycles. The van der Waals surface area contributed by atoms with Crippen LogP contribution < -0.4 is 5.73 Å². The molecule has 1 atom stereocenters. The van der Waals surface area contributed by atoms with Gasteiger partial charge in [-0.25, -0.2) is 0 Å². The summed E-state index contributed by atoms with van der Waals surface area (Å²) in [5.74, 6) is 0.637. The number of rotatable bonds is 6. The van der Waals surface area contributed by atoms with E-state index in [1.165, 1.54) is 19.3 Å². The van der Waals surface area contributed by atoms with E-state index in [0.717, 1.165) is 29.2 Å². The van der Waals surface area contributed by atoms with Crippen LogP contribution in [0.1, 0.15) is 50.7 Å². The SMILES string of the molecule is CCCCC(CC)Cc1cc2ccccc2c(N)c1C#N. The van der Waals surface area contributed by atoms with Gasteiger partial charge in [-0.3, -0.25) is 0 Å². The molecule has 0 bridgehead atoms. The van der Waals surface area contributed by atoms with E-state index in [1.54, 1.807) is 0 Å². The molecule has 0 aromatic heterocycles. The van der Waals surface area contributed by atoms with Crippen LogP contribution in [0, 0.1) is 17.2 Å². The van der Waals surface area contributed by atoms with E-state index in [9.17, 15) is 5.26 Å². The van der Waals surface area contributed by atoms with Crippen molar-refractivity contribution < 1.29 is 0 Å². The molecule has 0 amide bonds. The summed E-state index contributed by atoms with van der Waals surface area (Å²) >= 11 is 0. The first-order valence-electron chi connectivity index (χ1n) is 7.91. The Kier molecular flexibility index (Phi) is 5.22. The van der Waals surface area contributed by atoms with E-state index in [1.807, 2.05) is 18.2 Å². The number of nitrogens with two attached hydrogens (primary N) is 1. The molecule has 0 saturated carbocycles. The molecule has 2 aromatic rings. The minimum atomic E-state index is 0.635. The molecule has 21 heavy (non-hydrogen) atoms. The Balaban J connectivity index is 2.40. The van der Waals surface area contributed by atoms with Crippen molar-refractivity contribution in [1.82, 2.24) is 0 Å². The molecule has 2 heteroatoms. The summed E-state index contributed by atoms with van der Waals surface area (Å²) in [6, 6.07) is 12.5. The quantitative estimate of drug-likeness (QED) is 0.752. The van der Waals surface area contributed by atoms with E-state index in [-0.39, 0.29) is 0 Å². The van der Waals surface area contributed by atoms with Gasteiger partial charge in [0.1, 0.15) is 6.07 Å². The van der Waals surface area contributed by atoms with Gasteiger partial charge >= 0.3 is 0 Å². The fourth-order valence-corrected chi connectivity index (χ4v) is 2.98. The molecule has 1 unspecified atom stereocenters. The van der Waals surface area contributed by atoms with Crippen LogP contribution in [0.25, 0.3) is 10.8 Å². The van der Waals surface area contributed by atoms with Gasteiger partial charge in [-0.1, -0.05) is 63.8 Å². The van der Waals surface area contributed by atoms with Crippen molar-refractivity contribution >= 4 is 16.5 Å². The summed E-state index contributed by atoms with van der Waals surface area (Å²) in [5, 5.41) is 11.6. The molecule has 0 heterocycles. The topological polar surface area (TPSA) is 49.8 Å². The number of unbranched alkanes of at least 4 members (excludes halogenated alkanes) is 1. The van der Waals surface area contributed by atoms with Crippen LogP contribution in [-0.2, 0) is 6.42 Å². The Morgan fingerprint density at radius 2 is 2.00 bits per heavy atom. The average Bonchev–Trinajstić information content (AvgIpc) is 2.51. The van der Waals surface area contributed by atoms with E-state index < -0.39 is 0 Å². The Hall–Kier alpha value is -2.01. The number of nitrogens with zero attached hydrogens (tertiary/aromatic N) is 1. The third-order valence-electron chi connectivity index (χ3n) is 4.33. The molecule has 2 aromatic carbocycles. The van der Waals surface area contributed by atoms with E-state index >= 15 is 0 Å². The van der Waals surface area contributed by atoms with Gasteiger partial charge in [0.05, 0.1) is 11.3 Å². The van der Waals surface area contributed by atoms with Crippen molar-refractivity contribution in [2.24, 2.45) is 5.92 Å². The summed E-state index contributed by atoms with van der Waals surface area (Å²) in [4.78, 5) is 0. The summed E-state index contributed by atoms with van der Waals surface area (Å²) in [7, 11) is 0. The van der Waals surface area contributed by atoms with Crippen molar-refractivity contribution in [2.45, 2.75) is 46.0 Å². The van der Waals surface area contributed by atoms with Gasteiger partial charge in [0.2, 0.25) is 0 Å². The van der Waals surface area contributed by atoms with Crippen LogP contribution in [-0.4, -0.2) is 0 Å². The van der Waals surface area contributed by atoms with Crippen molar-refractivity contribution in [2.75, 3.05) is 5.73 Å². The Morgan fingerprint density at radius 1 is 1.24 bits per heavy atom. The minimum Gasteiger partial charge on any atom is -0.397 e. The number of fused-ring (bicyclic) bond motifs is 1. The van der Waals surface area contributed by atoms with E-state index in [4.69, 9.17) is 5.73 Å². The number of anilines is 1. The number of nitriles is 1. The largest absolute Gasteiger partial charge is 0.397 e. The fraction of sp³-hybridized carbons (Fsp3) is 0.421. The van der Waals surface area contributed by atoms with Gasteiger partial charge in [0.25, 0.3) is 0 Å². The highest BCUT2D eigenvalue weighted by atomic mass is 14.6. The zero-order chi connectivity index (χ0) is 15.2. The summed E-state index contributed by atoms with van der Waals surface area (Å²) in [6.45, 7) is 4.46. The van der Waals surface area contributed by atoms with Gasteiger partial charge in [-0.05, 0) is 29.4 Å². The highest BCUT2D eigenvalue weighted by molar-refractivity contribution is 5.96. The zero-order valence-electron chi connectivity index (χ0n) is 13.0. The van der Waals surface area contributed by atoms with Crippen LogP contribution in [0.4, 0.5) is 5.69 Å². The Morgan fingerprint density at radius 3 is 2.67 bits per heavy atom. The lowest BCUT2D eigenvalue weighted by Crippen LogP contribution is -2.07. The first-order chi connectivity index (χ1) is 10.2. The zero-order valence-corrected chi connectivity index (χ0v) is 13.0. The molecule has 0 aliphatic carbocycles. The highest BCUT2D eigenvalue weighted by Gasteiger charge is 2.14. The molecule has 2 nitrogen and oxygen atoms in total.